The van der Waals surface area contributed by atoms with Crippen molar-refractivity contribution in [1.82, 2.24) is 19.6 Å². The van der Waals surface area contributed by atoms with Crippen molar-refractivity contribution in [3.63, 3.8) is 0 Å². The van der Waals surface area contributed by atoms with Gasteiger partial charge in [0, 0.05) is 38.4 Å². The number of amides is 1. The molecule has 1 amide bonds. The van der Waals surface area contributed by atoms with Crippen molar-refractivity contribution in [1.29, 1.82) is 0 Å². The molecule has 2 aliphatic rings. The largest absolute Gasteiger partial charge is 0.396 e. The van der Waals surface area contributed by atoms with Gasteiger partial charge in [0.2, 0.25) is 5.91 Å². The zero-order valence-electron chi connectivity index (χ0n) is 12.7. The van der Waals surface area contributed by atoms with Gasteiger partial charge >= 0.3 is 0 Å². The van der Waals surface area contributed by atoms with Crippen LogP contribution in [0.4, 0.5) is 14.5 Å². The molecule has 0 unspecified atom stereocenters. The zero-order chi connectivity index (χ0) is 16.6. The molecule has 3 N–H and O–H groups in total. The Morgan fingerprint density at radius 3 is 2.52 bits per heavy atom. The first-order valence-electron chi connectivity index (χ1n) is 7.75. The van der Waals surface area contributed by atoms with Crippen molar-refractivity contribution in [2.45, 2.75) is 31.4 Å². The van der Waals surface area contributed by atoms with Crippen LogP contribution in [0.5, 0.6) is 0 Å². The van der Waals surface area contributed by atoms with Crippen LogP contribution in [0, 0.1) is 0 Å². The van der Waals surface area contributed by atoms with E-state index in [4.69, 9.17) is 10.8 Å². The zero-order valence-corrected chi connectivity index (χ0v) is 12.7. The number of anilines is 1. The van der Waals surface area contributed by atoms with Crippen LogP contribution in [0.2, 0.25) is 0 Å². The summed E-state index contributed by atoms with van der Waals surface area (Å²) in [5.41, 5.74) is 5.25. The smallest absolute Gasteiger partial charge is 0.284 e. The number of aliphatic hydroxyl groups excluding tert-OH is 1. The minimum atomic E-state index is -2.65. The highest BCUT2D eigenvalue weighted by Gasteiger charge is 2.36. The highest BCUT2D eigenvalue weighted by atomic mass is 19.3. The molecule has 0 spiro atoms. The average molecular weight is 329 g/mol. The minimum Gasteiger partial charge on any atom is -0.396 e. The van der Waals surface area contributed by atoms with Crippen molar-refractivity contribution in [2.75, 3.05) is 38.5 Å². The molecule has 0 saturated carbocycles. The fourth-order valence-electron chi connectivity index (χ4n) is 3.31. The van der Waals surface area contributed by atoms with E-state index in [-0.39, 0.29) is 23.3 Å². The normalized spacial score (nSPS) is 21.0. The maximum atomic E-state index is 12.7. The molecule has 1 aromatic rings. The first kappa shape index (κ1) is 16.1. The second kappa shape index (κ2) is 6.40. The number of likely N-dealkylation sites (tertiary alicyclic amines) is 2. The Morgan fingerprint density at radius 2 is 2.00 bits per heavy atom. The maximum Gasteiger partial charge on any atom is 0.284 e. The van der Waals surface area contributed by atoms with Crippen LogP contribution >= 0.6 is 0 Å². The molecular weight excluding hydrogens is 308 g/mol. The van der Waals surface area contributed by atoms with Gasteiger partial charge in [-0.2, -0.15) is 5.10 Å². The van der Waals surface area contributed by atoms with Gasteiger partial charge in [-0.15, -0.1) is 0 Å². The van der Waals surface area contributed by atoms with Crippen LogP contribution in [0.25, 0.3) is 0 Å². The number of alkyl halides is 2. The van der Waals surface area contributed by atoms with Crippen molar-refractivity contribution in [3.8, 4) is 0 Å². The van der Waals surface area contributed by atoms with Crippen LogP contribution in [-0.4, -0.2) is 69.4 Å². The van der Waals surface area contributed by atoms with E-state index in [1.807, 2.05) is 0 Å². The molecule has 7 nitrogen and oxygen atoms in total. The van der Waals surface area contributed by atoms with Crippen molar-refractivity contribution in [2.24, 2.45) is 0 Å². The lowest BCUT2D eigenvalue weighted by Crippen LogP contribution is -2.56. The molecule has 0 radical (unpaired) electrons. The summed E-state index contributed by atoms with van der Waals surface area (Å²) in [5, 5.41) is 12.8. The Balaban J connectivity index is 1.50. The van der Waals surface area contributed by atoms with Gasteiger partial charge in [-0.25, -0.2) is 8.78 Å². The molecular formula is C14H21F2N5O2. The highest BCUT2D eigenvalue weighted by Crippen LogP contribution is 2.30. The van der Waals surface area contributed by atoms with E-state index in [9.17, 15) is 13.6 Å². The van der Waals surface area contributed by atoms with E-state index in [0.29, 0.717) is 19.1 Å². The van der Waals surface area contributed by atoms with Crippen LogP contribution in [-0.2, 0) is 4.79 Å². The first-order valence-corrected chi connectivity index (χ1v) is 7.75. The Labute approximate surface area is 132 Å². The number of hydrogen-bond donors (Lipinski definition) is 2. The summed E-state index contributed by atoms with van der Waals surface area (Å²) < 4.78 is 27.0. The number of piperidine rings is 1. The minimum absolute atomic E-state index is 0.0364. The molecule has 0 atom stereocenters. The quantitative estimate of drug-likeness (QED) is 0.826. The number of nitrogens with zero attached hydrogens (tertiary/aromatic N) is 4. The predicted molar refractivity (Wildman–Crippen MR) is 78.9 cm³/mol. The molecule has 23 heavy (non-hydrogen) atoms. The summed E-state index contributed by atoms with van der Waals surface area (Å²) in [4.78, 5) is 15.4. The second-order valence-corrected chi connectivity index (χ2v) is 6.13. The lowest BCUT2D eigenvalue weighted by atomic mass is 9.97. The number of carbonyl (C=O) groups is 1. The third kappa shape index (κ3) is 3.16. The highest BCUT2D eigenvalue weighted by molar-refractivity contribution is 5.77. The van der Waals surface area contributed by atoms with Crippen LogP contribution < -0.4 is 5.73 Å². The van der Waals surface area contributed by atoms with Crippen LogP contribution in [0.15, 0.2) is 6.20 Å². The average Bonchev–Trinajstić information content (AvgIpc) is 2.87. The van der Waals surface area contributed by atoms with Gasteiger partial charge in [-0.1, -0.05) is 0 Å². The van der Waals surface area contributed by atoms with E-state index in [0.717, 1.165) is 25.9 Å². The molecule has 2 fully saturated rings. The lowest BCUT2D eigenvalue weighted by Gasteiger charge is -2.47. The van der Waals surface area contributed by atoms with E-state index < -0.39 is 13.0 Å². The Kier molecular flexibility index (Phi) is 4.49. The molecule has 1 aromatic heterocycles. The number of halogens is 2. The van der Waals surface area contributed by atoms with Crippen LogP contribution in [0.3, 0.4) is 0 Å². The molecule has 3 heterocycles. The summed E-state index contributed by atoms with van der Waals surface area (Å²) in [6.07, 6.45) is 0.552. The molecule has 128 valence electrons. The summed E-state index contributed by atoms with van der Waals surface area (Å²) in [6.45, 7) is 2.36. The fraction of sp³-hybridized carbons (Fsp3) is 0.714. The fourth-order valence-corrected chi connectivity index (χ4v) is 3.31. The number of carbonyl (C=O) groups excluding carboxylic acids is 1. The van der Waals surface area contributed by atoms with E-state index in [1.54, 1.807) is 4.90 Å². The van der Waals surface area contributed by atoms with E-state index in [2.05, 4.69) is 10.00 Å². The van der Waals surface area contributed by atoms with Crippen molar-refractivity contribution < 1.29 is 18.7 Å². The van der Waals surface area contributed by atoms with Crippen LogP contribution in [0.1, 0.15) is 31.0 Å². The Bertz CT molecular complexity index is 566. The third-order valence-electron chi connectivity index (χ3n) is 4.73. The second-order valence-electron chi connectivity index (χ2n) is 6.13. The van der Waals surface area contributed by atoms with Crippen molar-refractivity contribution >= 4 is 11.6 Å². The van der Waals surface area contributed by atoms with E-state index >= 15 is 0 Å². The summed E-state index contributed by atoms with van der Waals surface area (Å²) in [6, 6.07) is 0.457. The SMILES string of the molecule is Nc1cn(C2CN(C3CCN(C(=O)CO)CC3)C2)nc1C(F)F. The summed E-state index contributed by atoms with van der Waals surface area (Å²) >= 11 is 0. The van der Waals surface area contributed by atoms with Gasteiger partial charge in [-0.3, -0.25) is 14.4 Å². The molecule has 2 aliphatic heterocycles. The maximum absolute atomic E-state index is 12.7. The Hall–Kier alpha value is -1.74. The lowest BCUT2D eigenvalue weighted by molar-refractivity contribution is -0.136. The molecule has 2 saturated heterocycles. The number of nitrogens with two attached hydrogens (primary N) is 1. The number of nitrogen functional groups attached to an aromatic ring is 1. The standard InChI is InChI=1S/C14H21F2N5O2/c15-14(16)13-11(17)7-21(18-13)10-5-20(6-10)9-1-3-19(4-2-9)12(23)8-22/h7,9-10,14,22H,1-6,8,17H2. The number of aromatic nitrogens is 2. The molecule has 3 rings (SSSR count). The summed E-state index contributed by atoms with van der Waals surface area (Å²) in [7, 11) is 0. The monoisotopic (exact) mass is 329 g/mol. The molecule has 0 aromatic carbocycles. The number of rotatable bonds is 4. The topological polar surface area (TPSA) is 87.6 Å². The number of hydrogen-bond acceptors (Lipinski definition) is 5. The first-order chi connectivity index (χ1) is 11.0. The van der Waals surface area contributed by atoms with Gasteiger partial charge in [0.1, 0.15) is 6.61 Å². The van der Waals surface area contributed by atoms with Gasteiger partial charge in [0.15, 0.2) is 5.69 Å². The van der Waals surface area contributed by atoms with Crippen molar-refractivity contribution in [3.05, 3.63) is 11.9 Å². The predicted octanol–water partition coefficient (Wildman–Crippen LogP) is 0.243. The van der Waals surface area contributed by atoms with Gasteiger partial charge in [0.25, 0.3) is 6.43 Å². The van der Waals surface area contributed by atoms with Gasteiger partial charge in [0.05, 0.1) is 11.7 Å². The Morgan fingerprint density at radius 1 is 1.35 bits per heavy atom. The number of aliphatic hydroxyl groups is 1. The third-order valence-corrected chi connectivity index (χ3v) is 4.73. The van der Waals surface area contributed by atoms with Gasteiger partial charge in [-0.05, 0) is 12.8 Å². The molecule has 9 heteroatoms. The molecule has 0 bridgehead atoms. The van der Waals surface area contributed by atoms with Gasteiger partial charge < -0.3 is 15.7 Å². The van der Waals surface area contributed by atoms with E-state index in [1.165, 1.54) is 10.9 Å². The summed E-state index contributed by atoms with van der Waals surface area (Å²) in [5.74, 6) is -0.225. The molecule has 0 aliphatic carbocycles.